The van der Waals surface area contributed by atoms with Crippen LogP contribution >= 0.6 is 0 Å². The van der Waals surface area contributed by atoms with Crippen LogP contribution in [-0.2, 0) is 0 Å². The van der Waals surface area contributed by atoms with E-state index in [-0.39, 0.29) is 12.1 Å². The highest BCUT2D eigenvalue weighted by Crippen LogP contribution is 2.24. The second kappa shape index (κ2) is 6.37. The van der Waals surface area contributed by atoms with Gasteiger partial charge in [-0.25, -0.2) is 0 Å². The highest BCUT2D eigenvalue weighted by molar-refractivity contribution is 5.76. The van der Waals surface area contributed by atoms with Crippen molar-refractivity contribution in [2.24, 2.45) is 9.98 Å². The van der Waals surface area contributed by atoms with E-state index in [2.05, 4.69) is 9.98 Å². The van der Waals surface area contributed by atoms with Gasteiger partial charge in [0.1, 0.15) is 11.5 Å². The second-order valence-electron chi connectivity index (χ2n) is 5.01. The smallest absolute Gasteiger partial charge is 0.144 e. The summed E-state index contributed by atoms with van der Waals surface area (Å²) in [4.78, 5) is 9.29. The molecule has 2 heterocycles. The van der Waals surface area contributed by atoms with E-state index in [1.807, 2.05) is 36.7 Å². The zero-order valence-electron chi connectivity index (χ0n) is 11.3. The average molecular weight is 270 g/mol. The van der Waals surface area contributed by atoms with E-state index in [4.69, 9.17) is 8.83 Å². The first-order chi connectivity index (χ1) is 9.92. The molecule has 2 aromatic heterocycles. The maximum absolute atomic E-state index is 5.28. The second-order valence-corrected chi connectivity index (χ2v) is 5.01. The normalized spacial score (nSPS) is 23.8. The molecule has 0 aromatic carbocycles. The Labute approximate surface area is 118 Å². The van der Waals surface area contributed by atoms with Crippen LogP contribution in [0.2, 0.25) is 0 Å². The summed E-state index contributed by atoms with van der Waals surface area (Å²) in [5.74, 6) is 1.59. The molecule has 0 unspecified atom stereocenters. The Morgan fingerprint density at radius 3 is 1.75 bits per heavy atom. The van der Waals surface area contributed by atoms with Crippen molar-refractivity contribution in [3.8, 4) is 0 Å². The van der Waals surface area contributed by atoms with E-state index in [1.165, 1.54) is 12.8 Å². The first kappa shape index (κ1) is 12.9. The maximum atomic E-state index is 5.28. The van der Waals surface area contributed by atoms with Crippen LogP contribution in [-0.4, -0.2) is 24.5 Å². The first-order valence-corrected chi connectivity index (χ1v) is 7.05. The van der Waals surface area contributed by atoms with Crippen molar-refractivity contribution in [2.45, 2.75) is 37.8 Å². The Morgan fingerprint density at radius 1 is 0.850 bits per heavy atom. The predicted octanol–water partition coefficient (Wildman–Crippen LogP) is 3.72. The summed E-state index contributed by atoms with van der Waals surface area (Å²) < 4.78 is 10.6. The quantitative estimate of drug-likeness (QED) is 0.795. The number of furan rings is 2. The van der Waals surface area contributed by atoms with Gasteiger partial charge in [0, 0.05) is 0 Å². The third-order valence-electron chi connectivity index (χ3n) is 3.57. The molecule has 1 aliphatic carbocycles. The predicted molar refractivity (Wildman–Crippen MR) is 78.6 cm³/mol. The van der Waals surface area contributed by atoms with E-state index in [0.717, 1.165) is 24.4 Å². The molecule has 1 fully saturated rings. The Hall–Kier alpha value is -2.10. The van der Waals surface area contributed by atoms with Crippen LogP contribution in [0.5, 0.6) is 0 Å². The fourth-order valence-corrected chi connectivity index (χ4v) is 2.51. The molecule has 0 N–H and O–H groups in total. The Balaban J connectivity index is 1.67. The van der Waals surface area contributed by atoms with Gasteiger partial charge in [0.15, 0.2) is 0 Å². The standard InChI is InChI=1S/C16H18N2O2/c1-2-8-16(18-12-14-6-4-10-20-14)15(7-1)17-11-13-5-3-9-19-13/h3-6,9-12,15-16H,1-2,7-8H2/t15-,16-/m0/s1. The molecule has 3 rings (SSSR count). The van der Waals surface area contributed by atoms with Crippen LogP contribution in [0.1, 0.15) is 37.2 Å². The van der Waals surface area contributed by atoms with Gasteiger partial charge in [-0.3, -0.25) is 9.98 Å². The van der Waals surface area contributed by atoms with Crippen LogP contribution in [0.15, 0.2) is 55.6 Å². The van der Waals surface area contributed by atoms with Gasteiger partial charge in [0.05, 0.1) is 37.0 Å². The summed E-state index contributed by atoms with van der Waals surface area (Å²) in [5, 5.41) is 0. The van der Waals surface area contributed by atoms with Gasteiger partial charge in [0.2, 0.25) is 0 Å². The molecule has 0 saturated heterocycles. The summed E-state index contributed by atoms with van der Waals surface area (Å²) in [7, 11) is 0. The van der Waals surface area contributed by atoms with Gasteiger partial charge < -0.3 is 8.83 Å². The fourth-order valence-electron chi connectivity index (χ4n) is 2.51. The van der Waals surface area contributed by atoms with E-state index in [0.29, 0.717) is 0 Å². The van der Waals surface area contributed by atoms with Gasteiger partial charge in [-0.05, 0) is 37.1 Å². The number of nitrogens with zero attached hydrogens (tertiary/aromatic N) is 2. The van der Waals surface area contributed by atoms with Gasteiger partial charge >= 0.3 is 0 Å². The summed E-state index contributed by atoms with van der Waals surface area (Å²) in [6, 6.07) is 8.03. The van der Waals surface area contributed by atoms with Crippen molar-refractivity contribution >= 4 is 12.4 Å². The molecule has 4 heteroatoms. The van der Waals surface area contributed by atoms with Gasteiger partial charge in [-0.2, -0.15) is 0 Å². The lowest BCUT2D eigenvalue weighted by Crippen LogP contribution is -2.27. The van der Waals surface area contributed by atoms with Gasteiger partial charge in [-0.15, -0.1) is 0 Å². The maximum Gasteiger partial charge on any atom is 0.144 e. The zero-order chi connectivity index (χ0) is 13.6. The molecule has 20 heavy (non-hydrogen) atoms. The van der Waals surface area contributed by atoms with Crippen molar-refractivity contribution in [3.05, 3.63) is 48.3 Å². The molecule has 1 saturated carbocycles. The highest BCUT2D eigenvalue weighted by atomic mass is 16.3. The van der Waals surface area contributed by atoms with Crippen molar-refractivity contribution < 1.29 is 8.83 Å². The molecular formula is C16H18N2O2. The van der Waals surface area contributed by atoms with Crippen LogP contribution < -0.4 is 0 Å². The molecule has 0 bridgehead atoms. The molecule has 104 valence electrons. The van der Waals surface area contributed by atoms with Crippen LogP contribution in [0.3, 0.4) is 0 Å². The van der Waals surface area contributed by atoms with Crippen molar-refractivity contribution in [1.29, 1.82) is 0 Å². The SMILES string of the molecule is C(=N[C@H]1CCCC[C@@H]1N=Cc1ccco1)c1ccco1. The number of hydrogen-bond donors (Lipinski definition) is 0. The Bertz CT molecular complexity index is 503. The third-order valence-corrected chi connectivity index (χ3v) is 3.57. The first-order valence-electron chi connectivity index (χ1n) is 7.05. The summed E-state index contributed by atoms with van der Waals surface area (Å²) in [5.41, 5.74) is 0. The van der Waals surface area contributed by atoms with Gasteiger partial charge in [-0.1, -0.05) is 12.8 Å². The lowest BCUT2D eigenvalue weighted by atomic mass is 9.91. The number of hydrogen-bond acceptors (Lipinski definition) is 4. The molecule has 0 radical (unpaired) electrons. The van der Waals surface area contributed by atoms with E-state index < -0.39 is 0 Å². The molecular weight excluding hydrogens is 252 g/mol. The van der Waals surface area contributed by atoms with Crippen LogP contribution in [0.25, 0.3) is 0 Å². The largest absolute Gasteiger partial charge is 0.463 e. The van der Waals surface area contributed by atoms with E-state index >= 15 is 0 Å². The lowest BCUT2D eigenvalue weighted by molar-refractivity contribution is 0.389. The van der Waals surface area contributed by atoms with Crippen molar-refractivity contribution in [2.75, 3.05) is 0 Å². The third kappa shape index (κ3) is 3.26. The van der Waals surface area contributed by atoms with Gasteiger partial charge in [0.25, 0.3) is 0 Å². The fraction of sp³-hybridized carbons (Fsp3) is 0.375. The van der Waals surface area contributed by atoms with Crippen LogP contribution in [0.4, 0.5) is 0 Å². The highest BCUT2D eigenvalue weighted by Gasteiger charge is 2.23. The average Bonchev–Trinajstić information content (AvgIpc) is 3.17. The molecule has 4 nitrogen and oxygen atoms in total. The van der Waals surface area contributed by atoms with Crippen molar-refractivity contribution in [3.63, 3.8) is 0 Å². The molecule has 2 aromatic rings. The number of aliphatic imine (C=N–C) groups is 2. The minimum absolute atomic E-state index is 0.236. The molecule has 0 aliphatic heterocycles. The topological polar surface area (TPSA) is 51.0 Å². The molecule has 0 spiro atoms. The van der Waals surface area contributed by atoms with Crippen LogP contribution in [0, 0.1) is 0 Å². The minimum Gasteiger partial charge on any atom is -0.463 e. The van der Waals surface area contributed by atoms with E-state index in [9.17, 15) is 0 Å². The summed E-state index contributed by atoms with van der Waals surface area (Å²) in [6.45, 7) is 0. The Kier molecular flexibility index (Phi) is 4.11. The monoisotopic (exact) mass is 270 g/mol. The molecule has 1 aliphatic rings. The summed E-state index contributed by atoms with van der Waals surface area (Å²) in [6.07, 6.45) is 11.5. The Morgan fingerprint density at radius 2 is 1.35 bits per heavy atom. The summed E-state index contributed by atoms with van der Waals surface area (Å²) >= 11 is 0. The zero-order valence-corrected chi connectivity index (χ0v) is 11.3. The number of rotatable bonds is 4. The minimum atomic E-state index is 0.236. The van der Waals surface area contributed by atoms with E-state index in [1.54, 1.807) is 12.5 Å². The lowest BCUT2D eigenvalue weighted by Gasteiger charge is -2.25. The van der Waals surface area contributed by atoms with Crippen molar-refractivity contribution in [1.82, 2.24) is 0 Å². The molecule has 2 atom stereocenters. The molecule has 0 amide bonds.